The highest BCUT2D eigenvalue weighted by Gasteiger charge is 2.39. The van der Waals surface area contributed by atoms with Crippen molar-refractivity contribution in [2.75, 3.05) is 0 Å². The zero-order chi connectivity index (χ0) is 19.2. The van der Waals surface area contributed by atoms with Crippen LogP contribution in [0.4, 0.5) is 13.2 Å². The first kappa shape index (κ1) is 17.7. The second-order valence-electron chi connectivity index (χ2n) is 6.11. The van der Waals surface area contributed by atoms with Gasteiger partial charge in [0.25, 0.3) is 0 Å². The van der Waals surface area contributed by atoms with Crippen molar-refractivity contribution in [2.24, 2.45) is 0 Å². The van der Waals surface area contributed by atoms with E-state index in [4.69, 9.17) is 0 Å². The topological polar surface area (TPSA) is 30.2 Å². The van der Waals surface area contributed by atoms with Crippen molar-refractivity contribution in [3.05, 3.63) is 76.5 Å². The summed E-state index contributed by atoms with van der Waals surface area (Å²) >= 11 is 3.37. The molecule has 0 bridgehead atoms. The lowest BCUT2D eigenvalue weighted by Gasteiger charge is -2.08. The van der Waals surface area contributed by atoms with Crippen molar-refractivity contribution in [3.8, 4) is 22.4 Å². The number of hydrogen-bond acceptors (Lipinski definition) is 2. The Labute approximate surface area is 161 Å². The van der Waals surface area contributed by atoms with Gasteiger partial charge < -0.3 is 0 Å². The molecule has 0 aliphatic heterocycles. The number of rotatable bonds is 2. The Hall–Kier alpha value is -2.67. The van der Waals surface area contributed by atoms with E-state index in [2.05, 4.69) is 26.0 Å². The van der Waals surface area contributed by atoms with Gasteiger partial charge in [-0.1, -0.05) is 58.4 Å². The summed E-state index contributed by atoms with van der Waals surface area (Å²) in [5.74, 6) is 0. The molecule has 0 aliphatic rings. The summed E-state index contributed by atoms with van der Waals surface area (Å²) in [6.07, 6.45) is -4.59. The van der Waals surface area contributed by atoms with Crippen LogP contribution in [-0.4, -0.2) is 14.6 Å². The van der Waals surface area contributed by atoms with Gasteiger partial charge in [0, 0.05) is 15.7 Å². The van der Waals surface area contributed by atoms with Crippen molar-refractivity contribution in [1.29, 1.82) is 0 Å². The molecule has 4 aromatic rings. The van der Waals surface area contributed by atoms with Gasteiger partial charge in [0.2, 0.25) is 0 Å². The Kier molecular flexibility index (Phi) is 4.26. The normalized spacial score (nSPS) is 11.9. The Morgan fingerprint density at radius 1 is 0.926 bits per heavy atom. The number of halogens is 4. The van der Waals surface area contributed by atoms with Gasteiger partial charge in [-0.05, 0) is 30.7 Å². The van der Waals surface area contributed by atoms with E-state index in [0.717, 1.165) is 10.0 Å². The first-order valence-corrected chi connectivity index (χ1v) is 8.93. The molecule has 0 saturated heterocycles. The van der Waals surface area contributed by atoms with Crippen molar-refractivity contribution >= 4 is 21.6 Å². The van der Waals surface area contributed by atoms with Gasteiger partial charge >= 0.3 is 6.18 Å². The molecule has 7 heteroatoms. The molecule has 3 nitrogen and oxygen atoms in total. The van der Waals surface area contributed by atoms with E-state index >= 15 is 0 Å². The fraction of sp³-hybridized carbons (Fsp3) is 0.100. The Bertz CT molecular complexity index is 1120. The lowest BCUT2D eigenvalue weighted by molar-refractivity contribution is -0.140. The molecule has 0 atom stereocenters. The second kappa shape index (κ2) is 6.49. The summed E-state index contributed by atoms with van der Waals surface area (Å²) in [4.78, 5) is 4.38. The maximum absolute atomic E-state index is 13.8. The van der Waals surface area contributed by atoms with Gasteiger partial charge in [0.05, 0.1) is 11.3 Å². The first-order chi connectivity index (χ1) is 12.8. The van der Waals surface area contributed by atoms with Crippen molar-refractivity contribution in [2.45, 2.75) is 13.1 Å². The summed E-state index contributed by atoms with van der Waals surface area (Å²) < 4.78 is 43.4. The van der Waals surface area contributed by atoms with Gasteiger partial charge in [-0.2, -0.15) is 18.3 Å². The van der Waals surface area contributed by atoms with E-state index < -0.39 is 11.9 Å². The van der Waals surface area contributed by atoms with Crippen LogP contribution in [0.25, 0.3) is 28.0 Å². The molecule has 4 rings (SSSR count). The van der Waals surface area contributed by atoms with E-state index in [0.29, 0.717) is 17.0 Å². The molecule has 0 amide bonds. The highest BCUT2D eigenvalue weighted by atomic mass is 79.9. The molecule has 0 saturated carbocycles. The molecule has 136 valence electrons. The number of alkyl halides is 3. The summed E-state index contributed by atoms with van der Waals surface area (Å²) in [7, 11) is 0. The van der Waals surface area contributed by atoms with Crippen LogP contribution in [0.1, 0.15) is 11.4 Å². The lowest BCUT2D eigenvalue weighted by atomic mass is 10.1. The minimum Gasteiger partial charge on any atom is -0.233 e. The summed E-state index contributed by atoms with van der Waals surface area (Å²) in [5.41, 5.74) is 1.59. The molecular formula is C20H13BrF3N3. The minimum absolute atomic E-state index is 0.00911. The highest BCUT2D eigenvalue weighted by Crippen LogP contribution is 2.39. The predicted octanol–water partition coefficient (Wildman–Crippen LogP) is 6.15. The summed E-state index contributed by atoms with van der Waals surface area (Å²) in [5, 5.41) is 3.92. The van der Waals surface area contributed by atoms with Gasteiger partial charge in [0.1, 0.15) is 0 Å². The van der Waals surface area contributed by atoms with Crippen LogP contribution in [0, 0.1) is 6.92 Å². The zero-order valence-corrected chi connectivity index (χ0v) is 15.7. The third-order valence-electron chi connectivity index (χ3n) is 4.19. The van der Waals surface area contributed by atoms with E-state index in [1.54, 1.807) is 43.3 Å². The quantitative estimate of drug-likeness (QED) is 0.380. The maximum atomic E-state index is 13.8. The molecule has 0 fully saturated rings. The predicted molar refractivity (Wildman–Crippen MR) is 101 cm³/mol. The van der Waals surface area contributed by atoms with Crippen LogP contribution >= 0.6 is 15.9 Å². The fourth-order valence-electron chi connectivity index (χ4n) is 3.03. The number of fused-ring (bicyclic) bond motifs is 1. The smallest absolute Gasteiger partial charge is 0.233 e. The van der Waals surface area contributed by atoms with Crippen LogP contribution in [0.2, 0.25) is 0 Å². The van der Waals surface area contributed by atoms with Crippen LogP contribution < -0.4 is 0 Å². The second-order valence-corrected chi connectivity index (χ2v) is 7.03. The molecule has 0 unspecified atom stereocenters. The molecule has 27 heavy (non-hydrogen) atoms. The summed E-state index contributed by atoms with van der Waals surface area (Å²) in [6, 6.07) is 17.5. The monoisotopic (exact) mass is 431 g/mol. The number of hydrogen-bond donors (Lipinski definition) is 0. The Balaban J connectivity index is 2.09. The van der Waals surface area contributed by atoms with Gasteiger partial charge in [0.15, 0.2) is 11.3 Å². The van der Waals surface area contributed by atoms with E-state index in [1.165, 1.54) is 4.52 Å². The first-order valence-electron chi connectivity index (χ1n) is 8.13. The molecular weight excluding hydrogens is 419 g/mol. The highest BCUT2D eigenvalue weighted by molar-refractivity contribution is 9.10. The average molecular weight is 432 g/mol. The van der Waals surface area contributed by atoms with Crippen LogP contribution in [0.3, 0.4) is 0 Å². The lowest BCUT2D eigenvalue weighted by Crippen LogP contribution is -2.08. The Morgan fingerprint density at radius 3 is 2.22 bits per heavy atom. The van der Waals surface area contributed by atoms with Gasteiger partial charge in [-0.25, -0.2) is 9.50 Å². The third kappa shape index (κ3) is 3.23. The molecule has 0 spiro atoms. The van der Waals surface area contributed by atoms with E-state index in [9.17, 15) is 13.2 Å². The van der Waals surface area contributed by atoms with Crippen LogP contribution in [0.15, 0.2) is 65.1 Å². The fourth-order valence-corrected chi connectivity index (χ4v) is 3.30. The number of aryl methyl sites for hydroxylation is 1. The van der Waals surface area contributed by atoms with Crippen LogP contribution in [-0.2, 0) is 6.18 Å². The number of benzene rings is 2. The number of nitrogens with zero attached hydrogens (tertiary/aromatic N) is 3. The van der Waals surface area contributed by atoms with Gasteiger partial charge in [-0.15, -0.1) is 0 Å². The van der Waals surface area contributed by atoms with Crippen molar-refractivity contribution in [3.63, 3.8) is 0 Å². The zero-order valence-electron chi connectivity index (χ0n) is 14.1. The van der Waals surface area contributed by atoms with Gasteiger partial charge in [-0.3, -0.25) is 0 Å². The average Bonchev–Trinajstić information content (AvgIpc) is 3.02. The SMILES string of the molecule is Cc1cc(-c2ccc(Br)cc2)n2nc(C(F)(F)F)c(-c3ccccc3)c2n1. The van der Waals surface area contributed by atoms with Crippen molar-refractivity contribution < 1.29 is 13.2 Å². The standard InChI is InChI=1S/C20H13BrF3N3/c1-12-11-16(13-7-9-15(21)10-8-13)27-19(25-12)17(14-5-3-2-4-6-14)18(26-27)20(22,23)24/h2-11H,1H3. The molecule has 2 heterocycles. The third-order valence-corrected chi connectivity index (χ3v) is 4.72. The van der Waals surface area contributed by atoms with E-state index in [-0.39, 0.29) is 11.2 Å². The summed E-state index contributed by atoms with van der Waals surface area (Å²) in [6.45, 7) is 1.76. The maximum Gasteiger partial charge on any atom is 0.435 e. The largest absolute Gasteiger partial charge is 0.435 e. The van der Waals surface area contributed by atoms with Crippen LogP contribution in [0.5, 0.6) is 0 Å². The minimum atomic E-state index is -4.59. The number of aromatic nitrogens is 3. The molecule has 0 radical (unpaired) electrons. The molecule has 0 N–H and O–H groups in total. The molecule has 2 aromatic heterocycles. The van der Waals surface area contributed by atoms with E-state index in [1.807, 2.05) is 24.3 Å². The Morgan fingerprint density at radius 2 is 1.59 bits per heavy atom. The molecule has 0 aliphatic carbocycles. The van der Waals surface area contributed by atoms with Crippen molar-refractivity contribution in [1.82, 2.24) is 14.6 Å². The molecule has 2 aromatic carbocycles.